The van der Waals surface area contributed by atoms with Gasteiger partial charge in [0.05, 0.1) is 0 Å². The summed E-state index contributed by atoms with van der Waals surface area (Å²) in [5.74, 6) is -0.358. The maximum Gasteiger partial charge on any atom is 0.244 e. The summed E-state index contributed by atoms with van der Waals surface area (Å²) in [4.78, 5) is 12.3. The molecule has 0 saturated carbocycles. The second-order valence-corrected chi connectivity index (χ2v) is 6.64. The number of carbonyl (C=O) groups is 1. The Morgan fingerprint density at radius 1 is 1.39 bits per heavy atom. The van der Waals surface area contributed by atoms with Gasteiger partial charge in [0, 0.05) is 19.0 Å². The molecule has 2 rings (SSSR count). The number of hydrogen-bond donors (Lipinski definition) is 0. The van der Waals surface area contributed by atoms with E-state index in [1.807, 2.05) is 30.3 Å². The molecule has 1 saturated heterocycles. The fourth-order valence-corrected chi connectivity index (χ4v) is 3.32. The van der Waals surface area contributed by atoms with Gasteiger partial charge in [-0.2, -0.15) is 0 Å². The Morgan fingerprint density at radius 2 is 2.00 bits per heavy atom. The monoisotopic (exact) mass is 305 g/mol. The van der Waals surface area contributed by atoms with Crippen molar-refractivity contribution in [1.82, 2.24) is 4.90 Å². The number of halogens is 3. The summed E-state index contributed by atoms with van der Waals surface area (Å²) in [6.07, 6.45) is 0. The predicted octanol–water partition coefficient (Wildman–Crippen LogP) is 3.45. The topological polar surface area (TPSA) is 20.3 Å². The van der Waals surface area contributed by atoms with Gasteiger partial charge in [-0.25, -0.2) is 0 Å². The third-order valence-electron chi connectivity index (χ3n) is 3.34. The van der Waals surface area contributed by atoms with E-state index in [0.717, 1.165) is 5.56 Å². The largest absolute Gasteiger partial charge is 0.336 e. The average molecular weight is 307 g/mol. The molecule has 1 aromatic carbocycles. The molecule has 5 heteroatoms. The quantitative estimate of drug-likeness (QED) is 0.783. The van der Waals surface area contributed by atoms with Crippen molar-refractivity contribution in [3.05, 3.63) is 35.9 Å². The minimum absolute atomic E-state index is 0.107. The number of amides is 1. The highest BCUT2D eigenvalue weighted by Gasteiger charge is 2.51. The van der Waals surface area contributed by atoms with Crippen molar-refractivity contribution in [2.45, 2.75) is 23.2 Å². The first-order valence-corrected chi connectivity index (χ1v) is 6.98. The maximum absolute atomic E-state index is 12.2. The highest BCUT2D eigenvalue weighted by molar-refractivity contribution is 6.46. The lowest BCUT2D eigenvalue weighted by Crippen LogP contribution is -2.36. The second kappa shape index (κ2) is 5.28. The van der Waals surface area contributed by atoms with Crippen LogP contribution in [0.4, 0.5) is 0 Å². The molecule has 2 nitrogen and oxygen atoms in total. The Labute approximate surface area is 122 Å². The molecule has 0 radical (unpaired) electrons. The SMILES string of the molecule is C[C@@]1(Cl)C(=O)N(Cc2ccccc2)C[C@@H]1C(Cl)Cl. The van der Waals surface area contributed by atoms with Crippen LogP contribution in [0.1, 0.15) is 12.5 Å². The molecule has 0 aliphatic carbocycles. The van der Waals surface area contributed by atoms with Crippen LogP contribution in [-0.4, -0.2) is 27.1 Å². The predicted molar refractivity (Wildman–Crippen MR) is 75.1 cm³/mol. The van der Waals surface area contributed by atoms with Gasteiger partial charge in [0.25, 0.3) is 0 Å². The summed E-state index contributed by atoms with van der Waals surface area (Å²) in [6.45, 7) is 2.72. The Hall–Kier alpha value is -0.440. The molecule has 0 bridgehead atoms. The molecule has 1 heterocycles. The number of likely N-dealkylation sites (tertiary alicyclic amines) is 1. The van der Waals surface area contributed by atoms with Crippen molar-refractivity contribution in [2.24, 2.45) is 5.92 Å². The molecule has 0 N–H and O–H groups in total. The van der Waals surface area contributed by atoms with Crippen molar-refractivity contribution in [2.75, 3.05) is 6.54 Å². The first kappa shape index (κ1) is 14.0. The molecular weight excluding hydrogens is 293 g/mol. The first-order chi connectivity index (χ1) is 8.43. The summed E-state index contributed by atoms with van der Waals surface area (Å²) < 4.78 is 0. The molecule has 1 aromatic rings. The van der Waals surface area contributed by atoms with Gasteiger partial charge in [0.2, 0.25) is 5.91 Å². The number of rotatable bonds is 3. The van der Waals surface area contributed by atoms with E-state index in [1.165, 1.54) is 0 Å². The Bertz CT molecular complexity index is 433. The minimum atomic E-state index is -1.01. The van der Waals surface area contributed by atoms with E-state index in [4.69, 9.17) is 34.8 Å². The third kappa shape index (κ3) is 2.61. The van der Waals surface area contributed by atoms with Gasteiger partial charge in [-0.1, -0.05) is 30.3 Å². The molecule has 0 spiro atoms. The molecule has 1 aliphatic rings. The maximum atomic E-state index is 12.2. The number of hydrogen-bond acceptors (Lipinski definition) is 1. The zero-order chi connectivity index (χ0) is 13.3. The number of carbonyl (C=O) groups excluding carboxylic acids is 1. The lowest BCUT2D eigenvalue weighted by Gasteiger charge is -2.21. The lowest BCUT2D eigenvalue weighted by molar-refractivity contribution is -0.130. The van der Waals surface area contributed by atoms with E-state index >= 15 is 0 Å². The number of benzene rings is 1. The second-order valence-electron chi connectivity index (χ2n) is 4.69. The highest BCUT2D eigenvalue weighted by Crippen LogP contribution is 2.40. The lowest BCUT2D eigenvalue weighted by atomic mass is 9.98. The fourth-order valence-electron chi connectivity index (χ4n) is 2.22. The van der Waals surface area contributed by atoms with Crippen LogP contribution in [0.5, 0.6) is 0 Å². The molecule has 1 amide bonds. The Morgan fingerprint density at radius 3 is 2.50 bits per heavy atom. The van der Waals surface area contributed by atoms with Gasteiger partial charge >= 0.3 is 0 Å². The van der Waals surface area contributed by atoms with Gasteiger partial charge < -0.3 is 4.90 Å². The zero-order valence-corrected chi connectivity index (χ0v) is 12.2. The molecular formula is C13H14Cl3NO. The molecule has 1 fully saturated rings. The number of nitrogens with zero attached hydrogens (tertiary/aromatic N) is 1. The standard InChI is InChI=1S/C13H14Cl3NO/c1-13(16)10(11(14)15)8-17(12(13)18)7-9-5-3-2-4-6-9/h2-6,10-11H,7-8H2,1H3/t10-,13+/m1/s1. The zero-order valence-electron chi connectivity index (χ0n) is 9.95. The number of alkyl halides is 3. The van der Waals surface area contributed by atoms with E-state index in [2.05, 4.69) is 0 Å². The summed E-state index contributed by atoms with van der Waals surface area (Å²) in [6, 6.07) is 9.78. The van der Waals surface area contributed by atoms with Gasteiger partial charge in [-0.05, 0) is 12.5 Å². The molecule has 18 heavy (non-hydrogen) atoms. The van der Waals surface area contributed by atoms with Crippen LogP contribution < -0.4 is 0 Å². The van der Waals surface area contributed by atoms with Crippen molar-refractivity contribution in [1.29, 1.82) is 0 Å². The van der Waals surface area contributed by atoms with E-state index < -0.39 is 9.71 Å². The van der Waals surface area contributed by atoms with Crippen molar-refractivity contribution >= 4 is 40.7 Å². The van der Waals surface area contributed by atoms with Crippen LogP contribution >= 0.6 is 34.8 Å². The first-order valence-electron chi connectivity index (χ1n) is 5.73. The molecule has 0 unspecified atom stereocenters. The summed E-state index contributed by atoms with van der Waals surface area (Å²) in [7, 11) is 0. The molecule has 0 aromatic heterocycles. The van der Waals surface area contributed by atoms with Crippen molar-refractivity contribution in [3.8, 4) is 0 Å². The average Bonchev–Trinajstić information content (AvgIpc) is 2.54. The van der Waals surface area contributed by atoms with Gasteiger partial charge in [-0.3, -0.25) is 4.79 Å². The smallest absolute Gasteiger partial charge is 0.244 e. The van der Waals surface area contributed by atoms with Crippen LogP contribution in [-0.2, 0) is 11.3 Å². The van der Waals surface area contributed by atoms with Crippen LogP contribution in [0.25, 0.3) is 0 Å². The van der Waals surface area contributed by atoms with Crippen LogP contribution in [0, 0.1) is 5.92 Å². The summed E-state index contributed by atoms with van der Waals surface area (Å²) >= 11 is 18.1. The highest BCUT2D eigenvalue weighted by atomic mass is 35.5. The molecule has 1 aliphatic heterocycles. The van der Waals surface area contributed by atoms with Gasteiger partial charge in [-0.15, -0.1) is 34.8 Å². The van der Waals surface area contributed by atoms with Crippen molar-refractivity contribution < 1.29 is 4.79 Å². The molecule has 2 atom stereocenters. The van der Waals surface area contributed by atoms with Crippen LogP contribution in [0.15, 0.2) is 30.3 Å². The Kier molecular flexibility index (Phi) is 4.10. The molecule has 98 valence electrons. The summed E-state index contributed by atoms with van der Waals surface area (Å²) in [5, 5.41) is 0. The van der Waals surface area contributed by atoms with E-state index in [1.54, 1.807) is 11.8 Å². The van der Waals surface area contributed by atoms with E-state index in [0.29, 0.717) is 13.1 Å². The van der Waals surface area contributed by atoms with E-state index in [9.17, 15) is 4.79 Å². The van der Waals surface area contributed by atoms with Gasteiger partial charge in [0.15, 0.2) is 0 Å². The Balaban J connectivity index is 2.15. The summed E-state index contributed by atoms with van der Waals surface area (Å²) in [5.41, 5.74) is 1.07. The normalized spacial score (nSPS) is 28.2. The van der Waals surface area contributed by atoms with E-state index in [-0.39, 0.29) is 11.8 Å². The van der Waals surface area contributed by atoms with Crippen molar-refractivity contribution in [3.63, 3.8) is 0 Å². The van der Waals surface area contributed by atoms with Crippen LogP contribution in [0.3, 0.4) is 0 Å². The fraction of sp³-hybridized carbons (Fsp3) is 0.462. The van der Waals surface area contributed by atoms with Crippen LogP contribution in [0.2, 0.25) is 0 Å². The minimum Gasteiger partial charge on any atom is -0.336 e. The van der Waals surface area contributed by atoms with Gasteiger partial charge in [0.1, 0.15) is 9.71 Å². The third-order valence-corrected chi connectivity index (χ3v) is 4.39.